The molecule has 0 aliphatic carbocycles. The summed E-state index contributed by atoms with van der Waals surface area (Å²) in [6.45, 7) is 6.51. The fourth-order valence-electron chi connectivity index (χ4n) is 1.65. The summed E-state index contributed by atoms with van der Waals surface area (Å²) >= 11 is 1.44. The Balaban J connectivity index is 2.54. The minimum atomic E-state index is -1.37. The van der Waals surface area contributed by atoms with Crippen molar-refractivity contribution in [3.8, 4) is 0 Å². The molecular weight excluding hydrogens is 219 g/mol. The molecule has 0 aliphatic heterocycles. The Bertz CT molecular complexity index is 511. The summed E-state index contributed by atoms with van der Waals surface area (Å²) in [4.78, 5) is 0. The van der Waals surface area contributed by atoms with E-state index in [1.807, 2.05) is 12.1 Å². The molecule has 2 rings (SSSR count). The van der Waals surface area contributed by atoms with Gasteiger partial charge in [-0.15, -0.1) is 11.3 Å². The lowest BCUT2D eigenvalue weighted by atomic mass is 9.86. The van der Waals surface area contributed by atoms with Crippen molar-refractivity contribution in [2.45, 2.75) is 26.2 Å². The summed E-state index contributed by atoms with van der Waals surface area (Å²) in [6, 6.07) is 8.10. The highest BCUT2D eigenvalue weighted by atomic mass is 32.1. The molecule has 0 radical (unpaired) electrons. The van der Waals surface area contributed by atoms with Crippen LogP contribution in [0.4, 0.5) is 0 Å². The molecule has 0 aliphatic rings. The Morgan fingerprint density at radius 1 is 1.12 bits per heavy atom. The first kappa shape index (κ1) is 11.6. The normalized spacial score (nSPS) is 12.1. The van der Waals surface area contributed by atoms with Crippen LogP contribution in [0.25, 0.3) is 10.1 Å². The Morgan fingerprint density at radius 3 is 2.38 bits per heavy atom. The largest absolute Gasteiger partial charge is 0.499 e. The molecule has 2 N–H and O–H groups in total. The van der Waals surface area contributed by atoms with Crippen molar-refractivity contribution >= 4 is 33.3 Å². The lowest BCUT2D eigenvalue weighted by Crippen LogP contribution is -2.26. The summed E-state index contributed by atoms with van der Waals surface area (Å²) in [5.41, 5.74) is 1.39. The van der Waals surface area contributed by atoms with E-state index in [9.17, 15) is 0 Å². The minimum Gasteiger partial charge on any atom is -0.423 e. The number of thiophene rings is 1. The first-order chi connectivity index (χ1) is 7.38. The third-order valence-corrected chi connectivity index (χ3v) is 3.80. The van der Waals surface area contributed by atoms with Crippen LogP contribution in [-0.4, -0.2) is 17.2 Å². The molecule has 2 nitrogen and oxygen atoms in total. The predicted molar refractivity (Wildman–Crippen MR) is 70.4 cm³/mol. The standard InChI is InChI=1S/C12H15BO2S/c1-12(2,3)9-5-4-8-6-11(13(14)15)16-10(8)7-9/h4-7,14-15H,1-3H3. The predicted octanol–water partition coefficient (Wildman–Crippen LogP) is 1.88. The zero-order chi connectivity index (χ0) is 11.9. The van der Waals surface area contributed by atoms with Gasteiger partial charge in [-0.1, -0.05) is 32.9 Å². The van der Waals surface area contributed by atoms with E-state index in [0.29, 0.717) is 4.78 Å². The molecule has 0 amide bonds. The second-order valence-corrected chi connectivity index (χ2v) is 6.14. The topological polar surface area (TPSA) is 40.5 Å². The Kier molecular flexibility index (Phi) is 2.82. The van der Waals surface area contributed by atoms with Gasteiger partial charge in [-0.05, 0) is 28.5 Å². The lowest BCUT2D eigenvalue weighted by molar-refractivity contribution is 0.427. The van der Waals surface area contributed by atoms with E-state index in [1.54, 1.807) is 0 Å². The van der Waals surface area contributed by atoms with Crippen LogP contribution in [0.1, 0.15) is 26.3 Å². The molecule has 0 unspecified atom stereocenters. The van der Waals surface area contributed by atoms with E-state index in [0.717, 1.165) is 10.1 Å². The maximum atomic E-state index is 9.12. The van der Waals surface area contributed by atoms with Gasteiger partial charge < -0.3 is 10.0 Å². The first-order valence-electron chi connectivity index (χ1n) is 5.28. The molecule has 0 saturated carbocycles. The molecular formula is C12H15BO2S. The van der Waals surface area contributed by atoms with E-state index in [2.05, 4.69) is 32.9 Å². The van der Waals surface area contributed by atoms with Gasteiger partial charge >= 0.3 is 7.12 Å². The molecule has 0 saturated heterocycles. The molecule has 0 atom stereocenters. The van der Waals surface area contributed by atoms with Crippen LogP contribution >= 0.6 is 11.3 Å². The van der Waals surface area contributed by atoms with Gasteiger partial charge in [0.1, 0.15) is 0 Å². The third kappa shape index (κ3) is 2.14. The maximum Gasteiger partial charge on any atom is 0.499 e. The minimum absolute atomic E-state index is 0.121. The summed E-state index contributed by atoms with van der Waals surface area (Å²) < 4.78 is 1.71. The molecule has 84 valence electrons. The molecule has 4 heteroatoms. The van der Waals surface area contributed by atoms with Gasteiger partial charge in [-0.3, -0.25) is 0 Å². The van der Waals surface area contributed by atoms with Crippen LogP contribution in [0.5, 0.6) is 0 Å². The number of rotatable bonds is 1. The zero-order valence-corrected chi connectivity index (χ0v) is 10.5. The highest BCUT2D eigenvalue weighted by Crippen LogP contribution is 2.28. The van der Waals surface area contributed by atoms with Crippen LogP contribution in [0.2, 0.25) is 0 Å². The third-order valence-electron chi connectivity index (χ3n) is 2.66. The Hall–Kier alpha value is -0.835. The first-order valence-corrected chi connectivity index (χ1v) is 6.10. The number of hydrogen-bond acceptors (Lipinski definition) is 3. The van der Waals surface area contributed by atoms with Crippen molar-refractivity contribution < 1.29 is 10.0 Å². The van der Waals surface area contributed by atoms with Crippen molar-refractivity contribution in [3.63, 3.8) is 0 Å². The quantitative estimate of drug-likeness (QED) is 0.739. The molecule has 2 aromatic rings. The average Bonchev–Trinajstić information content (AvgIpc) is 2.58. The van der Waals surface area contributed by atoms with Crippen LogP contribution in [0.3, 0.4) is 0 Å². The van der Waals surface area contributed by atoms with Crippen molar-refractivity contribution in [2.75, 3.05) is 0 Å². The van der Waals surface area contributed by atoms with E-state index >= 15 is 0 Å². The molecule has 16 heavy (non-hydrogen) atoms. The van der Waals surface area contributed by atoms with Crippen LogP contribution in [-0.2, 0) is 5.41 Å². The average molecular weight is 234 g/mol. The van der Waals surface area contributed by atoms with E-state index in [-0.39, 0.29) is 5.41 Å². The smallest absolute Gasteiger partial charge is 0.423 e. The van der Waals surface area contributed by atoms with Crippen molar-refractivity contribution in [2.24, 2.45) is 0 Å². The molecule has 1 aromatic carbocycles. The van der Waals surface area contributed by atoms with Gasteiger partial charge in [-0.2, -0.15) is 0 Å². The van der Waals surface area contributed by atoms with E-state index in [1.165, 1.54) is 16.9 Å². The number of benzene rings is 1. The van der Waals surface area contributed by atoms with Crippen molar-refractivity contribution in [1.82, 2.24) is 0 Å². The van der Waals surface area contributed by atoms with Crippen LogP contribution < -0.4 is 4.78 Å². The summed E-state index contributed by atoms with van der Waals surface area (Å²) in [5, 5.41) is 19.3. The fourth-order valence-corrected chi connectivity index (χ4v) is 2.62. The molecule has 1 aromatic heterocycles. The second-order valence-electron chi connectivity index (χ2n) is 5.03. The maximum absolute atomic E-state index is 9.12. The van der Waals surface area contributed by atoms with Gasteiger partial charge in [0.15, 0.2) is 0 Å². The van der Waals surface area contributed by atoms with Gasteiger partial charge in [0.25, 0.3) is 0 Å². The molecule has 0 bridgehead atoms. The van der Waals surface area contributed by atoms with Crippen LogP contribution in [0, 0.1) is 0 Å². The van der Waals surface area contributed by atoms with E-state index < -0.39 is 7.12 Å². The van der Waals surface area contributed by atoms with Gasteiger partial charge in [0.2, 0.25) is 0 Å². The molecule has 0 fully saturated rings. The lowest BCUT2D eigenvalue weighted by Gasteiger charge is -2.18. The summed E-state index contributed by atoms with van der Waals surface area (Å²) in [5.74, 6) is 0. The Morgan fingerprint density at radius 2 is 1.81 bits per heavy atom. The van der Waals surface area contributed by atoms with Gasteiger partial charge in [0.05, 0.1) is 0 Å². The SMILES string of the molecule is CC(C)(C)c1ccc2cc(B(O)O)sc2c1. The fraction of sp³-hybridized carbons (Fsp3) is 0.333. The van der Waals surface area contributed by atoms with E-state index in [4.69, 9.17) is 10.0 Å². The van der Waals surface area contributed by atoms with Crippen LogP contribution in [0.15, 0.2) is 24.3 Å². The van der Waals surface area contributed by atoms with Crippen molar-refractivity contribution in [3.05, 3.63) is 29.8 Å². The molecule has 0 spiro atoms. The number of hydrogen-bond donors (Lipinski definition) is 2. The highest BCUT2D eigenvalue weighted by molar-refractivity contribution is 7.27. The molecule has 1 heterocycles. The van der Waals surface area contributed by atoms with Crippen molar-refractivity contribution in [1.29, 1.82) is 0 Å². The van der Waals surface area contributed by atoms with Gasteiger partial charge in [-0.25, -0.2) is 0 Å². The zero-order valence-electron chi connectivity index (χ0n) is 9.69. The Labute approximate surface area is 99.7 Å². The summed E-state index contributed by atoms with van der Waals surface area (Å²) in [7, 11) is -1.37. The number of fused-ring (bicyclic) bond motifs is 1. The summed E-state index contributed by atoms with van der Waals surface area (Å²) in [6.07, 6.45) is 0. The van der Waals surface area contributed by atoms with Gasteiger partial charge in [0, 0.05) is 9.48 Å². The monoisotopic (exact) mass is 234 g/mol. The highest BCUT2D eigenvalue weighted by Gasteiger charge is 2.17. The second kappa shape index (κ2) is 3.88.